The minimum Gasteiger partial charge on any atom is -0.330 e. The molecule has 1 aromatic carbocycles. The molecule has 0 aliphatic heterocycles. The Kier molecular flexibility index (Phi) is 5.52. The molecule has 114 valence electrons. The van der Waals surface area contributed by atoms with E-state index in [0.29, 0.717) is 11.4 Å². The molecule has 0 saturated heterocycles. The van der Waals surface area contributed by atoms with Crippen LogP contribution in [0.15, 0.2) is 46.0 Å². The fourth-order valence-corrected chi connectivity index (χ4v) is 4.02. The van der Waals surface area contributed by atoms with Crippen molar-refractivity contribution in [3.05, 3.63) is 52.2 Å². The lowest BCUT2D eigenvalue weighted by Gasteiger charge is -2.13. The molecular weight excluding hydrogens is 304 g/mol. The summed E-state index contributed by atoms with van der Waals surface area (Å²) in [4.78, 5) is 0.293. The van der Waals surface area contributed by atoms with Crippen LogP contribution in [0.3, 0.4) is 0 Å². The van der Waals surface area contributed by atoms with Crippen LogP contribution in [0.4, 0.5) is 0 Å². The number of sulfonamides is 1. The average Bonchev–Trinajstić information content (AvgIpc) is 2.99. The summed E-state index contributed by atoms with van der Waals surface area (Å²) in [5.41, 5.74) is 7.55. The van der Waals surface area contributed by atoms with E-state index in [1.54, 1.807) is 23.5 Å². The molecular formula is C15H20N2O2S2. The maximum absolute atomic E-state index is 12.3. The molecule has 1 unspecified atom stereocenters. The van der Waals surface area contributed by atoms with Crippen molar-refractivity contribution in [2.45, 2.75) is 30.7 Å². The smallest absolute Gasteiger partial charge is 0.241 e. The molecule has 4 nitrogen and oxygen atoms in total. The van der Waals surface area contributed by atoms with Crippen molar-refractivity contribution in [1.82, 2.24) is 4.72 Å². The molecule has 1 aromatic heterocycles. The van der Waals surface area contributed by atoms with Gasteiger partial charge in [-0.3, -0.25) is 0 Å². The minimum absolute atomic E-state index is 0.238. The lowest BCUT2D eigenvalue weighted by molar-refractivity contribution is 0.567. The second kappa shape index (κ2) is 7.17. The molecule has 0 spiro atoms. The maximum atomic E-state index is 12.3. The van der Waals surface area contributed by atoms with Crippen LogP contribution in [0.25, 0.3) is 0 Å². The fourth-order valence-electron chi connectivity index (χ4n) is 2.03. The number of hydrogen-bond donors (Lipinski definition) is 2. The highest BCUT2D eigenvalue weighted by Gasteiger charge is 2.18. The van der Waals surface area contributed by atoms with Crippen molar-refractivity contribution in [3.63, 3.8) is 0 Å². The molecule has 0 fully saturated rings. The summed E-state index contributed by atoms with van der Waals surface area (Å²) in [5.74, 6) is 0. The Bertz CT molecular complexity index is 649. The van der Waals surface area contributed by atoms with Crippen molar-refractivity contribution >= 4 is 21.4 Å². The summed E-state index contributed by atoms with van der Waals surface area (Å²) in [6.07, 6.45) is 1.77. The Balaban J connectivity index is 2.08. The predicted molar refractivity (Wildman–Crippen MR) is 86.9 cm³/mol. The first-order chi connectivity index (χ1) is 10.0. The molecule has 0 amide bonds. The van der Waals surface area contributed by atoms with Crippen molar-refractivity contribution in [2.75, 3.05) is 6.54 Å². The number of hydrogen-bond acceptors (Lipinski definition) is 4. The van der Waals surface area contributed by atoms with E-state index in [1.807, 2.05) is 35.9 Å². The van der Waals surface area contributed by atoms with Crippen LogP contribution < -0.4 is 10.5 Å². The molecule has 0 aliphatic carbocycles. The fraction of sp³-hybridized carbons (Fsp3) is 0.333. The first-order valence-electron chi connectivity index (χ1n) is 6.86. The number of thiophene rings is 1. The normalized spacial score (nSPS) is 13.2. The van der Waals surface area contributed by atoms with Gasteiger partial charge in [0, 0.05) is 6.04 Å². The molecule has 3 N–H and O–H groups in total. The summed E-state index contributed by atoms with van der Waals surface area (Å²) >= 11 is 1.55. The zero-order valence-corrected chi connectivity index (χ0v) is 13.6. The molecule has 0 aliphatic rings. The topological polar surface area (TPSA) is 72.2 Å². The van der Waals surface area contributed by atoms with Gasteiger partial charge in [-0.2, -0.15) is 11.3 Å². The van der Waals surface area contributed by atoms with Gasteiger partial charge < -0.3 is 5.73 Å². The van der Waals surface area contributed by atoms with Crippen molar-refractivity contribution < 1.29 is 8.42 Å². The first kappa shape index (κ1) is 16.2. The number of benzene rings is 1. The van der Waals surface area contributed by atoms with E-state index in [1.165, 1.54) is 0 Å². The van der Waals surface area contributed by atoms with E-state index in [4.69, 9.17) is 5.73 Å². The summed E-state index contributed by atoms with van der Waals surface area (Å²) < 4.78 is 27.4. The second-order valence-electron chi connectivity index (χ2n) is 4.94. The number of nitrogens with one attached hydrogen (secondary N) is 1. The van der Waals surface area contributed by atoms with Gasteiger partial charge in [0.1, 0.15) is 0 Å². The van der Waals surface area contributed by atoms with E-state index < -0.39 is 10.0 Å². The molecule has 0 saturated carbocycles. The van der Waals surface area contributed by atoms with Gasteiger partial charge in [-0.05, 0) is 66.4 Å². The van der Waals surface area contributed by atoms with Crippen LogP contribution in [-0.4, -0.2) is 15.0 Å². The van der Waals surface area contributed by atoms with Gasteiger partial charge in [-0.15, -0.1) is 0 Å². The quantitative estimate of drug-likeness (QED) is 0.822. The monoisotopic (exact) mass is 324 g/mol. The maximum Gasteiger partial charge on any atom is 0.241 e. The largest absolute Gasteiger partial charge is 0.330 e. The second-order valence-corrected chi connectivity index (χ2v) is 7.43. The number of aryl methyl sites for hydroxylation is 1. The van der Waals surface area contributed by atoms with Gasteiger partial charge in [-0.1, -0.05) is 12.1 Å². The standard InChI is InChI=1S/C15H20N2O2S2/c1-12(14-8-10-20-11-14)17-21(18,19)15-6-4-13(5-7-15)3-2-9-16/h4-8,10-12,17H,2-3,9,16H2,1H3. The molecule has 1 atom stereocenters. The van der Waals surface area contributed by atoms with Gasteiger partial charge >= 0.3 is 0 Å². The molecule has 1 heterocycles. The molecule has 6 heteroatoms. The van der Waals surface area contributed by atoms with E-state index >= 15 is 0 Å². The van der Waals surface area contributed by atoms with Crippen LogP contribution >= 0.6 is 11.3 Å². The Labute approximate surface area is 130 Å². The highest BCUT2D eigenvalue weighted by molar-refractivity contribution is 7.89. The molecule has 0 radical (unpaired) electrons. The summed E-state index contributed by atoms with van der Waals surface area (Å²) in [6.45, 7) is 2.48. The zero-order chi connectivity index (χ0) is 15.3. The van der Waals surface area contributed by atoms with E-state index in [2.05, 4.69) is 4.72 Å². The summed E-state index contributed by atoms with van der Waals surface area (Å²) in [7, 11) is -3.49. The van der Waals surface area contributed by atoms with Gasteiger partial charge in [0.2, 0.25) is 10.0 Å². The highest BCUT2D eigenvalue weighted by atomic mass is 32.2. The SMILES string of the molecule is CC(NS(=O)(=O)c1ccc(CCCN)cc1)c1ccsc1. The third-order valence-corrected chi connectivity index (χ3v) is 5.54. The number of rotatable bonds is 7. The summed E-state index contributed by atoms with van der Waals surface area (Å²) in [5, 5.41) is 3.88. The van der Waals surface area contributed by atoms with E-state index in [0.717, 1.165) is 24.0 Å². The van der Waals surface area contributed by atoms with Gasteiger partial charge in [0.25, 0.3) is 0 Å². The van der Waals surface area contributed by atoms with Crippen LogP contribution in [0, 0.1) is 0 Å². The van der Waals surface area contributed by atoms with E-state index in [-0.39, 0.29) is 6.04 Å². The van der Waals surface area contributed by atoms with Gasteiger partial charge in [0.05, 0.1) is 4.90 Å². The average molecular weight is 324 g/mol. The zero-order valence-electron chi connectivity index (χ0n) is 12.0. The van der Waals surface area contributed by atoms with Crippen LogP contribution in [0.1, 0.15) is 30.5 Å². The number of nitrogens with two attached hydrogens (primary N) is 1. The molecule has 2 aromatic rings. The van der Waals surface area contributed by atoms with Crippen LogP contribution in [0.2, 0.25) is 0 Å². The van der Waals surface area contributed by atoms with Crippen LogP contribution in [0.5, 0.6) is 0 Å². The lowest BCUT2D eigenvalue weighted by atomic mass is 10.1. The van der Waals surface area contributed by atoms with Crippen molar-refractivity contribution in [2.24, 2.45) is 5.73 Å². The summed E-state index contributed by atoms with van der Waals surface area (Å²) in [6, 6.07) is 8.67. The van der Waals surface area contributed by atoms with Crippen molar-refractivity contribution in [3.8, 4) is 0 Å². The Hall–Kier alpha value is -1.21. The Morgan fingerprint density at radius 1 is 1.24 bits per heavy atom. The third-order valence-electron chi connectivity index (χ3n) is 3.28. The van der Waals surface area contributed by atoms with Crippen molar-refractivity contribution in [1.29, 1.82) is 0 Å². The Morgan fingerprint density at radius 2 is 1.95 bits per heavy atom. The van der Waals surface area contributed by atoms with Gasteiger partial charge in [-0.25, -0.2) is 13.1 Å². The molecule has 21 heavy (non-hydrogen) atoms. The Morgan fingerprint density at radius 3 is 2.52 bits per heavy atom. The van der Waals surface area contributed by atoms with Gasteiger partial charge in [0.15, 0.2) is 0 Å². The molecule has 2 rings (SSSR count). The first-order valence-corrected chi connectivity index (χ1v) is 9.29. The third kappa shape index (κ3) is 4.38. The molecule has 0 bridgehead atoms. The highest BCUT2D eigenvalue weighted by Crippen LogP contribution is 2.19. The minimum atomic E-state index is -3.49. The van der Waals surface area contributed by atoms with E-state index in [9.17, 15) is 8.42 Å². The predicted octanol–water partition coefficient (Wildman–Crippen LogP) is 2.68. The lowest BCUT2D eigenvalue weighted by Crippen LogP contribution is -2.26. The van der Waals surface area contributed by atoms with Crippen LogP contribution in [-0.2, 0) is 16.4 Å².